The molecular weight excluding hydrogens is 212 g/mol. The third-order valence-electron chi connectivity index (χ3n) is 4.34. The highest BCUT2D eigenvalue weighted by atomic mass is 15.5. The standard InChI is InChI=1S/C13H28N4/c1-15-8-4-12(5-9-15)14-17(3)13-6-10-16(2)11-7-13/h12-14H,4-11H2,1-3H3. The van der Waals surface area contributed by atoms with Crippen molar-refractivity contribution < 1.29 is 0 Å². The normalized spacial score (nSPS) is 26.8. The van der Waals surface area contributed by atoms with E-state index in [2.05, 4.69) is 41.4 Å². The minimum Gasteiger partial charge on any atom is -0.306 e. The summed E-state index contributed by atoms with van der Waals surface area (Å²) in [5.74, 6) is 0. The van der Waals surface area contributed by atoms with Crippen molar-refractivity contribution in [3.63, 3.8) is 0 Å². The Balaban J connectivity index is 1.71. The smallest absolute Gasteiger partial charge is 0.0264 e. The van der Waals surface area contributed by atoms with Crippen molar-refractivity contribution in [3.8, 4) is 0 Å². The predicted octanol–water partition coefficient (Wildman–Crippen LogP) is 0.611. The summed E-state index contributed by atoms with van der Waals surface area (Å²) in [5.41, 5.74) is 3.71. The Hall–Kier alpha value is -0.160. The molecule has 2 aliphatic heterocycles. The maximum absolute atomic E-state index is 3.71. The molecule has 0 aromatic heterocycles. The van der Waals surface area contributed by atoms with Gasteiger partial charge in [-0.3, -0.25) is 5.43 Å². The highest BCUT2D eigenvalue weighted by Crippen LogP contribution is 2.15. The van der Waals surface area contributed by atoms with Gasteiger partial charge in [-0.15, -0.1) is 0 Å². The third kappa shape index (κ3) is 3.91. The van der Waals surface area contributed by atoms with E-state index in [-0.39, 0.29) is 0 Å². The molecule has 0 saturated carbocycles. The number of hydrazine groups is 1. The van der Waals surface area contributed by atoms with Gasteiger partial charge in [0.1, 0.15) is 0 Å². The molecular formula is C13H28N4. The fourth-order valence-corrected chi connectivity index (χ4v) is 2.91. The molecule has 0 bridgehead atoms. The number of rotatable bonds is 3. The summed E-state index contributed by atoms with van der Waals surface area (Å²) in [5, 5.41) is 2.39. The second-order valence-corrected chi connectivity index (χ2v) is 5.85. The lowest BCUT2D eigenvalue weighted by molar-refractivity contribution is 0.0683. The van der Waals surface area contributed by atoms with Crippen LogP contribution in [-0.4, -0.2) is 74.2 Å². The summed E-state index contributed by atoms with van der Waals surface area (Å²) >= 11 is 0. The molecule has 17 heavy (non-hydrogen) atoms. The fourth-order valence-electron chi connectivity index (χ4n) is 2.91. The van der Waals surface area contributed by atoms with Crippen LogP contribution in [-0.2, 0) is 0 Å². The molecule has 1 N–H and O–H groups in total. The number of nitrogens with zero attached hydrogens (tertiary/aromatic N) is 3. The average molecular weight is 240 g/mol. The van der Waals surface area contributed by atoms with Gasteiger partial charge in [-0.1, -0.05) is 0 Å². The van der Waals surface area contributed by atoms with Gasteiger partial charge >= 0.3 is 0 Å². The summed E-state index contributed by atoms with van der Waals surface area (Å²) < 4.78 is 0. The topological polar surface area (TPSA) is 21.8 Å². The Labute approximate surface area is 106 Å². The Morgan fingerprint density at radius 2 is 1.35 bits per heavy atom. The maximum Gasteiger partial charge on any atom is 0.0264 e. The van der Waals surface area contributed by atoms with Crippen LogP contribution in [0.2, 0.25) is 0 Å². The van der Waals surface area contributed by atoms with Crippen molar-refractivity contribution in [2.75, 3.05) is 47.3 Å². The average Bonchev–Trinajstić information content (AvgIpc) is 2.33. The molecule has 0 aromatic carbocycles. The summed E-state index contributed by atoms with van der Waals surface area (Å²) in [6.45, 7) is 4.95. The van der Waals surface area contributed by atoms with Crippen molar-refractivity contribution >= 4 is 0 Å². The first-order valence-electron chi connectivity index (χ1n) is 7.01. The molecule has 0 spiro atoms. The number of hydrogen-bond donors (Lipinski definition) is 1. The van der Waals surface area contributed by atoms with Gasteiger partial charge in [0.2, 0.25) is 0 Å². The number of piperidine rings is 2. The zero-order valence-corrected chi connectivity index (χ0v) is 11.7. The minimum absolute atomic E-state index is 0.691. The molecule has 0 atom stereocenters. The molecule has 0 amide bonds. The molecule has 4 nitrogen and oxygen atoms in total. The lowest BCUT2D eigenvalue weighted by atomic mass is 10.0. The van der Waals surface area contributed by atoms with Gasteiger partial charge in [-0.2, -0.15) is 0 Å². The van der Waals surface area contributed by atoms with Crippen LogP contribution in [0.1, 0.15) is 25.7 Å². The molecule has 2 rings (SSSR count). The van der Waals surface area contributed by atoms with Crippen LogP contribution < -0.4 is 5.43 Å². The quantitative estimate of drug-likeness (QED) is 0.730. The van der Waals surface area contributed by atoms with E-state index >= 15 is 0 Å². The van der Waals surface area contributed by atoms with E-state index in [9.17, 15) is 0 Å². The lowest BCUT2D eigenvalue weighted by Gasteiger charge is -2.39. The predicted molar refractivity (Wildman–Crippen MR) is 71.9 cm³/mol. The first-order chi connectivity index (χ1) is 8.15. The summed E-state index contributed by atoms with van der Waals surface area (Å²) in [4.78, 5) is 4.85. The van der Waals surface area contributed by atoms with Gasteiger partial charge in [0.15, 0.2) is 0 Å². The summed E-state index contributed by atoms with van der Waals surface area (Å²) in [6.07, 6.45) is 5.17. The first kappa shape index (κ1) is 13.3. The highest BCUT2D eigenvalue weighted by molar-refractivity contribution is 4.79. The van der Waals surface area contributed by atoms with Crippen LogP contribution in [0.4, 0.5) is 0 Å². The van der Waals surface area contributed by atoms with Gasteiger partial charge in [0, 0.05) is 19.1 Å². The monoisotopic (exact) mass is 240 g/mol. The van der Waals surface area contributed by atoms with Crippen LogP contribution >= 0.6 is 0 Å². The van der Waals surface area contributed by atoms with E-state index in [1.807, 2.05) is 0 Å². The molecule has 4 heteroatoms. The zero-order chi connectivity index (χ0) is 12.3. The van der Waals surface area contributed by atoms with E-state index in [0.29, 0.717) is 6.04 Å². The lowest BCUT2D eigenvalue weighted by Crippen LogP contribution is -2.53. The second kappa shape index (κ2) is 6.14. The van der Waals surface area contributed by atoms with Crippen molar-refractivity contribution in [1.82, 2.24) is 20.2 Å². The zero-order valence-electron chi connectivity index (χ0n) is 11.7. The molecule has 0 aliphatic carbocycles. The molecule has 2 fully saturated rings. The molecule has 2 saturated heterocycles. The Morgan fingerprint density at radius 3 is 1.88 bits per heavy atom. The van der Waals surface area contributed by atoms with E-state index in [4.69, 9.17) is 0 Å². The Kier molecular flexibility index (Phi) is 4.79. The number of hydrogen-bond acceptors (Lipinski definition) is 4. The number of likely N-dealkylation sites (tertiary alicyclic amines) is 2. The van der Waals surface area contributed by atoms with Crippen LogP contribution in [0.5, 0.6) is 0 Å². The molecule has 0 unspecified atom stereocenters. The Bertz CT molecular complexity index is 217. The van der Waals surface area contributed by atoms with Crippen molar-refractivity contribution in [3.05, 3.63) is 0 Å². The van der Waals surface area contributed by atoms with E-state index < -0.39 is 0 Å². The second-order valence-electron chi connectivity index (χ2n) is 5.85. The van der Waals surface area contributed by atoms with Crippen LogP contribution in [0.15, 0.2) is 0 Å². The van der Waals surface area contributed by atoms with Gasteiger partial charge in [0.05, 0.1) is 0 Å². The highest BCUT2D eigenvalue weighted by Gasteiger charge is 2.23. The molecule has 100 valence electrons. The molecule has 2 heterocycles. The fraction of sp³-hybridized carbons (Fsp3) is 1.00. The van der Waals surface area contributed by atoms with Crippen molar-refractivity contribution in [2.45, 2.75) is 37.8 Å². The number of nitrogens with one attached hydrogen (secondary N) is 1. The summed E-state index contributed by atoms with van der Waals surface area (Å²) in [7, 11) is 6.67. The van der Waals surface area contributed by atoms with Crippen LogP contribution in [0.3, 0.4) is 0 Å². The van der Waals surface area contributed by atoms with Crippen LogP contribution in [0.25, 0.3) is 0 Å². The Morgan fingerprint density at radius 1 is 0.882 bits per heavy atom. The van der Waals surface area contributed by atoms with Crippen molar-refractivity contribution in [1.29, 1.82) is 0 Å². The molecule has 0 aromatic rings. The maximum atomic E-state index is 3.71. The SMILES string of the molecule is CN1CCC(NN(C)C2CCN(C)CC2)CC1. The van der Waals surface area contributed by atoms with E-state index in [0.717, 1.165) is 6.04 Å². The van der Waals surface area contributed by atoms with Crippen LogP contribution in [0, 0.1) is 0 Å². The van der Waals surface area contributed by atoms with Gasteiger partial charge in [0.25, 0.3) is 0 Å². The van der Waals surface area contributed by atoms with Gasteiger partial charge < -0.3 is 9.80 Å². The van der Waals surface area contributed by atoms with E-state index in [1.54, 1.807) is 0 Å². The van der Waals surface area contributed by atoms with E-state index in [1.165, 1.54) is 51.9 Å². The minimum atomic E-state index is 0.691. The van der Waals surface area contributed by atoms with Gasteiger partial charge in [-0.25, -0.2) is 5.01 Å². The molecule has 2 aliphatic rings. The van der Waals surface area contributed by atoms with Gasteiger partial charge in [-0.05, 0) is 66.0 Å². The molecule has 0 radical (unpaired) electrons. The summed E-state index contributed by atoms with van der Waals surface area (Å²) in [6, 6.07) is 1.42. The van der Waals surface area contributed by atoms with Crippen molar-refractivity contribution in [2.24, 2.45) is 0 Å². The third-order valence-corrected chi connectivity index (χ3v) is 4.34. The first-order valence-corrected chi connectivity index (χ1v) is 7.01. The largest absolute Gasteiger partial charge is 0.306 e.